The normalized spacial score (nSPS) is 10.0. The number of anilines is 1. The van der Waals surface area contributed by atoms with E-state index in [2.05, 4.69) is 16.5 Å². The number of benzene rings is 1. The third-order valence-electron chi connectivity index (χ3n) is 2.91. The Kier molecular flexibility index (Phi) is 3.71. The fourth-order valence-corrected chi connectivity index (χ4v) is 1.99. The van der Waals surface area contributed by atoms with Gasteiger partial charge in [0.05, 0.1) is 36.3 Å². The van der Waals surface area contributed by atoms with Gasteiger partial charge in [0.25, 0.3) is 0 Å². The van der Waals surface area contributed by atoms with Gasteiger partial charge >= 0.3 is 0 Å². The van der Waals surface area contributed by atoms with Crippen LogP contribution in [0.3, 0.4) is 0 Å². The van der Waals surface area contributed by atoms with Crippen LogP contribution in [-0.4, -0.2) is 16.9 Å². The number of methoxy groups -OCH3 is 1. The molecule has 0 aliphatic rings. The largest absolute Gasteiger partial charge is 0.495 e. The molecule has 0 saturated heterocycles. The first-order valence-corrected chi connectivity index (χ1v) is 5.96. The number of nitrogens with zero attached hydrogens (tertiary/aromatic N) is 3. The quantitative estimate of drug-likeness (QED) is 0.911. The van der Waals surface area contributed by atoms with Gasteiger partial charge < -0.3 is 10.1 Å². The van der Waals surface area contributed by atoms with Crippen molar-refractivity contribution in [3.63, 3.8) is 0 Å². The van der Waals surface area contributed by atoms with E-state index in [9.17, 15) is 0 Å². The van der Waals surface area contributed by atoms with Crippen molar-refractivity contribution < 1.29 is 4.74 Å². The number of nitrogens with one attached hydrogen (secondary N) is 1. The van der Waals surface area contributed by atoms with Crippen molar-refractivity contribution in [3.05, 3.63) is 41.2 Å². The molecule has 1 heterocycles. The summed E-state index contributed by atoms with van der Waals surface area (Å²) in [7, 11) is 3.49. The lowest BCUT2D eigenvalue weighted by atomic mass is 10.1. The van der Waals surface area contributed by atoms with Crippen LogP contribution in [0.25, 0.3) is 0 Å². The average Bonchev–Trinajstić information content (AvgIpc) is 2.74. The fourth-order valence-electron chi connectivity index (χ4n) is 1.99. The Hall–Kier alpha value is -2.48. The lowest BCUT2D eigenvalue weighted by Crippen LogP contribution is -2.07. The minimum Gasteiger partial charge on any atom is -0.495 e. The van der Waals surface area contributed by atoms with E-state index < -0.39 is 0 Å². The van der Waals surface area contributed by atoms with Crippen molar-refractivity contribution in [2.75, 3.05) is 12.4 Å². The summed E-state index contributed by atoms with van der Waals surface area (Å²) in [5.41, 5.74) is 3.30. The van der Waals surface area contributed by atoms with Crippen LogP contribution in [0.1, 0.15) is 17.0 Å². The Morgan fingerprint density at radius 3 is 2.84 bits per heavy atom. The Balaban J connectivity index is 2.24. The Morgan fingerprint density at radius 2 is 2.26 bits per heavy atom. The topological polar surface area (TPSA) is 62.9 Å². The molecule has 98 valence electrons. The molecular formula is C14H16N4O. The van der Waals surface area contributed by atoms with Gasteiger partial charge in [-0.25, -0.2) is 0 Å². The van der Waals surface area contributed by atoms with Crippen molar-refractivity contribution >= 4 is 5.69 Å². The standard InChI is InChI=1S/C14H16N4O/c1-10-7-12(18(2)17-10)9-16-14-11(8-15)5-4-6-13(14)19-3/h4-7,16H,9H2,1-3H3. The molecule has 0 aliphatic heterocycles. The zero-order valence-electron chi connectivity index (χ0n) is 11.3. The Morgan fingerprint density at radius 1 is 1.47 bits per heavy atom. The first-order chi connectivity index (χ1) is 9.15. The molecule has 1 aromatic heterocycles. The molecule has 0 saturated carbocycles. The van der Waals surface area contributed by atoms with Crippen LogP contribution < -0.4 is 10.1 Å². The molecule has 5 nitrogen and oxygen atoms in total. The van der Waals surface area contributed by atoms with Crippen LogP contribution in [0.5, 0.6) is 5.75 Å². The zero-order chi connectivity index (χ0) is 13.8. The summed E-state index contributed by atoms with van der Waals surface area (Å²) in [6.45, 7) is 2.54. The van der Waals surface area contributed by atoms with E-state index in [4.69, 9.17) is 10.00 Å². The summed E-state index contributed by atoms with van der Waals surface area (Å²) >= 11 is 0. The third kappa shape index (κ3) is 2.68. The molecule has 2 rings (SSSR count). The first kappa shape index (κ1) is 13.0. The summed E-state index contributed by atoms with van der Waals surface area (Å²) in [6, 6.07) is 9.57. The van der Waals surface area contributed by atoms with Gasteiger partial charge in [-0.05, 0) is 25.1 Å². The number of hydrogen-bond acceptors (Lipinski definition) is 4. The van der Waals surface area contributed by atoms with E-state index in [0.29, 0.717) is 23.5 Å². The highest BCUT2D eigenvalue weighted by molar-refractivity contribution is 5.66. The van der Waals surface area contributed by atoms with E-state index in [1.54, 1.807) is 19.2 Å². The summed E-state index contributed by atoms with van der Waals surface area (Å²) in [5, 5.41) is 16.7. The Bertz CT molecular complexity index is 625. The van der Waals surface area contributed by atoms with Crippen LogP contribution in [0.2, 0.25) is 0 Å². The van der Waals surface area contributed by atoms with E-state index in [0.717, 1.165) is 11.4 Å². The highest BCUT2D eigenvalue weighted by Gasteiger charge is 2.09. The predicted molar refractivity (Wildman–Crippen MR) is 73.0 cm³/mol. The molecule has 0 radical (unpaired) electrons. The molecule has 0 fully saturated rings. The van der Waals surface area contributed by atoms with Crippen molar-refractivity contribution in [1.29, 1.82) is 5.26 Å². The van der Waals surface area contributed by atoms with E-state index in [-0.39, 0.29) is 0 Å². The van der Waals surface area contributed by atoms with Gasteiger partial charge in [-0.2, -0.15) is 10.4 Å². The molecule has 0 unspecified atom stereocenters. The molecule has 0 bridgehead atoms. The van der Waals surface area contributed by atoms with Crippen molar-refractivity contribution in [2.45, 2.75) is 13.5 Å². The number of hydrogen-bond donors (Lipinski definition) is 1. The molecule has 5 heteroatoms. The number of ether oxygens (including phenoxy) is 1. The summed E-state index contributed by atoms with van der Waals surface area (Å²) in [5.74, 6) is 0.665. The minimum absolute atomic E-state index is 0.568. The van der Waals surface area contributed by atoms with Crippen LogP contribution in [0.15, 0.2) is 24.3 Å². The summed E-state index contributed by atoms with van der Waals surface area (Å²) in [4.78, 5) is 0. The highest BCUT2D eigenvalue weighted by Crippen LogP contribution is 2.28. The van der Waals surface area contributed by atoms with Gasteiger partial charge in [-0.3, -0.25) is 4.68 Å². The molecule has 0 amide bonds. The molecule has 0 atom stereocenters. The average molecular weight is 256 g/mol. The number of rotatable bonds is 4. The van der Waals surface area contributed by atoms with Gasteiger partial charge in [0.15, 0.2) is 0 Å². The van der Waals surface area contributed by atoms with E-state index >= 15 is 0 Å². The fraction of sp³-hybridized carbons (Fsp3) is 0.286. The number of aryl methyl sites for hydroxylation is 2. The molecule has 2 aromatic rings. The zero-order valence-corrected chi connectivity index (χ0v) is 11.3. The van der Waals surface area contributed by atoms with Crippen molar-refractivity contribution in [2.24, 2.45) is 7.05 Å². The lowest BCUT2D eigenvalue weighted by molar-refractivity contribution is 0.416. The van der Waals surface area contributed by atoms with E-state index in [1.165, 1.54) is 0 Å². The van der Waals surface area contributed by atoms with Gasteiger partial charge in [0.1, 0.15) is 11.8 Å². The molecular weight excluding hydrogens is 240 g/mol. The molecule has 0 aliphatic carbocycles. The van der Waals surface area contributed by atoms with Crippen LogP contribution >= 0.6 is 0 Å². The maximum atomic E-state index is 9.13. The SMILES string of the molecule is COc1cccc(C#N)c1NCc1cc(C)nn1C. The molecule has 1 N–H and O–H groups in total. The number of aromatic nitrogens is 2. The van der Waals surface area contributed by atoms with E-state index in [1.807, 2.05) is 30.8 Å². The van der Waals surface area contributed by atoms with Gasteiger partial charge in [0, 0.05) is 7.05 Å². The second-order valence-electron chi connectivity index (χ2n) is 4.25. The maximum absolute atomic E-state index is 9.13. The summed E-state index contributed by atoms with van der Waals surface area (Å²) in [6.07, 6.45) is 0. The maximum Gasteiger partial charge on any atom is 0.143 e. The van der Waals surface area contributed by atoms with Crippen molar-refractivity contribution in [1.82, 2.24) is 9.78 Å². The molecule has 1 aromatic carbocycles. The van der Waals surface area contributed by atoms with Crippen LogP contribution in [0, 0.1) is 18.3 Å². The first-order valence-electron chi connectivity index (χ1n) is 5.96. The number of para-hydroxylation sites is 1. The molecule has 0 spiro atoms. The second kappa shape index (κ2) is 5.44. The smallest absolute Gasteiger partial charge is 0.143 e. The number of nitriles is 1. The predicted octanol–water partition coefficient (Wildman–Crippen LogP) is 2.22. The lowest BCUT2D eigenvalue weighted by Gasteiger charge is -2.12. The monoisotopic (exact) mass is 256 g/mol. The minimum atomic E-state index is 0.568. The highest BCUT2D eigenvalue weighted by atomic mass is 16.5. The second-order valence-corrected chi connectivity index (χ2v) is 4.25. The summed E-state index contributed by atoms with van der Waals surface area (Å²) < 4.78 is 7.10. The van der Waals surface area contributed by atoms with Gasteiger partial charge in [0.2, 0.25) is 0 Å². The molecule has 19 heavy (non-hydrogen) atoms. The van der Waals surface area contributed by atoms with Gasteiger partial charge in [-0.1, -0.05) is 6.07 Å². The van der Waals surface area contributed by atoms with Gasteiger partial charge in [-0.15, -0.1) is 0 Å². The van der Waals surface area contributed by atoms with Crippen molar-refractivity contribution in [3.8, 4) is 11.8 Å². The third-order valence-corrected chi connectivity index (χ3v) is 2.91. The van der Waals surface area contributed by atoms with Crippen LogP contribution in [-0.2, 0) is 13.6 Å². The Labute approximate surface area is 112 Å². The van der Waals surface area contributed by atoms with Crippen LogP contribution in [0.4, 0.5) is 5.69 Å².